The molecule has 9 heteroatoms. The third-order valence-electron chi connectivity index (χ3n) is 3.94. The summed E-state index contributed by atoms with van der Waals surface area (Å²) < 4.78 is 13.3. The predicted molar refractivity (Wildman–Crippen MR) is 104 cm³/mol. The molecule has 0 bridgehead atoms. The molecular weight excluding hydrogens is 385 g/mol. The van der Waals surface area contributed by atoms with E-state index in [4.69, 9.17) is 5.11 Å². The van der Waals surface area contributed by atoms with E-state index in [-0.39, 0.29) is 17.9 Å². The predicted octanol–water partition coefficient (Wildman–Crippen LogP) is 3.11. The molecule has 2 amide bonds. The van der Waals surface area contributed by atoms with E-state index in [2.05, 4.69) is 10.3 Å². The molecule has 0 aromatic heterocycles. The van der Waals surface area contributed by atoms with Gasteiger partial charge < -0.3 is 10.4 Å². The average Bonchev–Trinajstić information content (AvgIpc) is 2.90. The number of carbonyl (C=O) groups is 3. The molecule has 1 fully saturated rings. The fourth-order valence-electron chi connectivity index (χ4n) is 2.56. The van der Waals surface area contributed by atoms with Crippen LogP contribution in [0.15, 0.2) is 53.5 Å². The largest absolute Gasteiger partial charge is 0.478 e. The number of aliphatic imine (C=N–C) groups is 1. The number of amides is 2. The second-order valence-corrected chi connectivity index (χ2v) is 7.19. The van der Waals surface area contributed by atoms with Crippen molar-refractivity contribution in [1.29, 1.82) is 0 Å². The Morgan fingerprint density at radius 2 is 2.00 bits per heavy atom. The van der Waals surface area contributed by atoms with E-state index >= 15 is 0 Å². The lowest BCUT2D eigenvalue weighted by molar-refractivity contribution is -0.127. The highest BCUT2D eigenvalue weighted by Gasteiger charge is 2.37. The van der Waals surface area contributed by atoms with E-state index in [9.17, 15) is 18.8 Å². The van der Waals surface area contributed by atoms with Crippen molar-refractivity contribution < 1.29 is 23.9 Å². The molecule has 1 saturated heterocycles. The maximum atomic E-state index is 13.3. The molecule has 0 spiro atoms. The highest BCUT2D eigenvalue weighted by Crippen LogP contribution is 2.31. The zero-order valence-electron chi connectivity index (χ0n) is 14.8. The average molecular weight is 401 g/mol. The molecule has 28 heavy (non-hydrogen) atoms. The minimum Gasteiger partial charge on any atom is -0.478 e. The number of benzene rings is 2. The van der Waals surface area contributed by atoms with Crippen molar-refractivity contribution in [3.63, 3.8) is 0 Å². The van der Waals surface area contributed by atoms with E-state index in [1.54, 1.807) is 19.2 Å². The molecule has 7 nitrogen and oxygen atoms in total. The highest BCUT2D eigenvalue weighted by molar-refractivity contribution is 8.15. The Bertz CT molecular complexity index is 979. The topological polar surface area (TPSA) is 99.1 Å². The molecule has 0 saturated carbocycles. The zero-order valence-corrected chi connectivity index (χ0v) is 15.6. The van der Waals surface area contributed by atoms with E-state index in [0.717, 1.165) is 11.8 Å². The van der Waals surface area contributed by atoms with Crippen molar-refractivity contribution in [1.82, 2.24) is 4.90 Å². The molecule has 2 N–H and O–H groups in total. The van der Waals surface area contributed by atoms with Gasteiger partial charge in [0.2, 0.25) is 11.8 Å². The van der Waals surface area contributed by atoms with Gasteiger partial charge in [0, 0.05) is 19.2 Å². The Morgan fingerprint density at radius 1 is 1.25 bits per heavy atom. The van der Waals surface area contributed by atoms with Crippen LogP contribution in [-0.2, 0) is 9.59 Å². The van der Waals surface area contributed by atoms with Gasteiger partial charge in [0.05, 0.1) is 11.3 Å². The first kappa shape index (κ1) is 19.6. The van der Waals surface area contributed by atoms with Crippen molar-refractivity contribution in [3.8, 4) is 0 Å². The summed E-state index contributed by atoms with van der Waals surface area (Å²) >= 11 is 1.12. The first-order valence-electron chi connectivity index (χ1n) is 8.25. The molecule has 2 aromatic rings. The summed E-state index contributed by atoms with van der Waals surface area (Å²) in [7, 11) is 1.54. The van der Waals surface area contributed by atoms with Crippen LogP contribution in [0.25, 0.3) is 0 Å². The molecule has 144 valence electrons. The quantitative estimate of drug-likeness (QED) is 0.802. The molecule has 1 atom stereocenters. The molecule has 0 radical (unpaired) electrons. The van der Waals surface area contributed by atoms with Crippen LogP contribution in [0.4, 0.5) is 15.8 Å². The molecule has 0 aliphatic carbocycles. The SMILES string of the molecule is CN1C(=O)[C@@H](CC(=O)Nc2cccc(C(=O)O)c2)SC1=Nc1cccc(F)c1. The summed E-state index contributed by atoms with van der Waals surface area (Å²) in [5.41, 5.74) is 0.758. The summed E-state index contributed by atoms with van der Waals surface area (Å²) in [6, 6.07) is 11.5. The summed E-state index contributed by atoms with van der Waals surface area (Å²) in [6.07, 6.45) is -0.104. The number of carboxylic acids is 1. The van der Waals surface area contributed by atoms with Crippen LogP contribution < -0.4 is 5.32 Å². The van der Waals surface area contributed by atoms with Crippen LogP contribution in [-0.4, -0.2) is 45.3 Å². The van der Waals surface area contributed by atoms with Crippen LogP contribution >= 0.6 is 11.8 Å². The summed E-state index contributed by atoms with van der Waals surface area (Å²) in [4.78, 5) is 41.3. The molecular formula is C19H16FN3O4S. The number of nitrogens with zero attached hydrogens (tertiary/aromatic N) is 2. The molecule has 1 heterocycles. The summed E-state index contributed by atoms with van der Waals surface area (Å²) in [6.45, 7) is 0. The van der Waals surface area contributed by atoms with Gasteiger partial charge in [-0.05, 0) is 36.4 Å². The van der Waals surface area contributed by atoms with Crippen LogP contribution in [0.5, 0.6) is 0 Å². The Hall–Kier alpha value is -3.20. The van der Waals surface area contributed by atoms with Gasteiger partial charge in [-0.15, -0.1) is 0 Å². The Balaban J connectivity index is 1.67. The first-order chi connectivity index (χ1) is 13.3. The second kappa shape index (κ2) is 8.22. The Labute approximate surface area is 164 Å². The molecule has 0 unspecified atom stereocenters. The number of thioether (sulfide) groups is 1. The first-order valence-corrected chi connectivity index (χ1v) is 9.13. The number of carbonyl (C=O) groups excluding carboxylic acids is 2. The van der Waals surface area contributed by atoms with Gasteiger partial charge in [0.25, 0.3) is 0 Å². The minimum absolute atomic E-state index is 0.0494. The number of hydrogen-bond acceptors (Lipinski definition) is 5. The number of rotatable bonds is 5. The van der Waals surface area contributed by atoms with E-state index in [0.29, 0.717) is 16.5 Å². The zero-order chi connectivity index (χ0) is 20.3. The van der Waals surface area contributed by atoms with Crippen LogP contribution in [0.1, 0.15) is 16.8 Å². The van der Waals surface area contributed by atoms with E-state index in [1.807, 2.05) is 0 Å². The van der Waals surface area contributed by atoms with Crippen molar-refractivity contribution >= 4 is 46.1 Å². The van der Waals surface area contributed by atoms with Crippen LogP contribution in [0, 0.1) is 5.82 Å². The monoisotopic (exact) mass is 401 g/mol. The third kappa shape index (κ3) is 4.55. The van der Waals surface area contributed by atoms with Crippen LogP contribution in [0.2, 0.25) is 0 Å². The number of amidine groups is 1. The van der Waals surface area contributed by atoms with Gasteiger partial charge in [-0.2, -0.15) is 0 Å². The van der Waals surface area contributed by atoms with Crippen molar-refractivity contribution in [2.45, 2.75) is 11.7 Å². The summed E-state index contributed by atoms with van der Waals surface area (Å²) in [5, 5.41) is 11.3. The summed E-state index contributed by atoms with van der Waals surface area (Å²) in [5.74, 6) is -2.24. The Morgan fingerprint density at radius 3 is 2.71 bits per heavy atom. The number of aromatic carboxylic acids is 1. The maximum Gasteiger partial charge on any atom is 0.335 e. The second-order valence-electron chi connectivity index (χ2n) is 6.02. The highest BCUT2D eigenvalue weighted by atomic mass is 32.2. The lowest BCUT2D eigenvalue weighted by Crippen LogP contribution is -2.30. The lowest BCUT2D eigenvalue weighted by atomic mass is 10.2. The molecule has 3 rings (SSSR count). The number of hydrogen-bond donors (Lipinski definition) is 2. The van der Waals surface area contributed by atoms with Gasteiger partial charge in [0.15, 0.2) is 5.17 Å². The van der Waals surface area contributed by atoms with Crippen LogP contribution in [0.3, 0.4) is 0 Å². The molecule has 1 aliphatic heterocycles. The van der Waals surface area contributed by atoms with Gasteiger partial charge in [-0.1, -0.05) is 23.9 Å². The van der Waals surface area contributed by atoms with E-state index in [1.165, 1.54) is 41.3 Å². The van der Waals surface area contributed by atoms with Crippen molar-refractivity contribution in [2.75, 3.05) is 12.4 Å². The van der Waals surface area contributed by atoms with Gasteiger partial charge in [-0.3, -0.25) is 14.5 Å². The minimum atomic E-state index is -1.10. The molecule has 1 aliphatic rings. The Kier molecular flexibility index (Phi) is 5.74. The lowest BCUT2D eigenvalue weighted by Gasteiger charge is -2.09. The number of carboxylic acid groups (broad SMARTS) is 1. The van der Waals surface area contributed by atoms with Gasteiger partial charge >= 0.3 is 5.97 Å². The fourth-order valence-corrected chi connectivity index (χ4v) is 3.72. The maximum absolute atomic E-state index is 13.3. The van der Waals surface area contributed by atoms with Crippen molar-refractivity contribution in [3.05, 3.63) is 59.9 Å². The fraction of sp³-hybridized carbons (Fsp3) is 0.158. The number of anilines is 1. The third-order valence-corrected chi connectivity index (χ3v) is 5.17. The van der Waals surface area contributed by atoms with Crippen molar-refractivity contribution in [2.24, 2.45) is 4.99 Å². The number of nitrogens with one attached hydrogen (secondary N) is 1. The normalized spacial score (nSPS) is 17.8. The molecule has 2 aromatic carbocycles. The standard InChI is InChI=1S/C19H16FN3O4S/c1-23-17(25)15(28-19(23)22-14-7-3-5-12(20)9-14)10-16(24)21-13-6-2-4-11(8-13)18(26)27/h2-9,15H,10H2,1H3,(H,21,24)(H,26,27)/t15-/m1/s1. The van der Waals surface area contributed by atoms with Gasteiger partial charge in [-0.25, -0.2) is 14.2 Å². The number of halogens is 1. The van der Waals surface area contributed by atoms with Gasteiger partial charge in [0.1, 0.15) is 11.1 Å². The smallest absolute Gasteiger partial charge is 0.335 e. The van der Waals surface area contributed by atoms with E-state index < -0.39 is 22.9 Å².